The third-order valence-electron chi connectivity index (χ3n) is 5.18. The fourth-order valence-corrected chi connectivity index (χ4v) is 3.72. The first-order chi connectivity index (χ1) is 12.2. The van der Waals surface area contributed by atoms with E-state index in [1.54, 1.807) is 31.2 Å². The van der Waals surface area contributed by atoms with Crippen LogP contribution in [0.4, 0.5) is 4.79 Å². The number of carboxylic acid groups (broad SMARTS) is 1. The lowest BCUT2D eigenvalue weighted by atomic mass is 9.90. The van der Waals surface area contributed by atoms with Gasteiger partial charge in [0.15, 0.2) is 0 Å². The molecule has 138 valence electrons. The Hall–Kier alpha value is -2.90. The zero-order valence-electron chi connectivity index (χ0n) is 14.4. The highest BCUT2D eigenvalue weighted by Gasteiger charge is 2.44. The molecule has 1 atom stereocenters. The Morgan fingerprint density at radius 3 is 2.50 bits per heavy atom. The minimum absolute atomic E-state index is 0.116. The molecule has 1 aliphatic carbocycles. The van der Waals surface area contributed by atoms with Crippen LogP contribution in [-0.2, 0) is 15.1 Å². The number of amides is 4. The van der Waals surface area contributed by atoms with Gasteiger partial charge < -0.3 is 15.7 Å². The molecule has 3 rings (SSSR count). The number of nitrogens with one attached hydrogen (secondary N) is 3. The van der Waals surface area contributed by atoms with Gasteiger partial charge in [-0.2, -0.15) is 0 Å². The van der Waals surface area contributed by atoms with Gasteiger partial charge in [0.05, 0.1) is 12.0 Å². The van der Waals surface area contributed by atoms with E-state index in [9.17, 15) is 19.2 Å². The van der Waals surface area contributed by atoms with Crippen molar-refractivity contribution in [3.63, 3.8) is 0 Å². The number of imide groups is 1. The summed E-state index contributed by atoms with van der Waals surface area (Å²) >= 11 is 0. The maximum atomic E-state index is 12.7. The third-order valence-corrected chi connectivity index (χ3v) is 5.18. The minimum atomic E-state index is -1.25. The largest absolute Gasteiger partial charge is 0.481 e. The second-order valence-corrected chi connectivity index (χ2v) is 7.13. The molecule has 2 aliphatic rings. The third kappa shape index (κ3) is 3.26. The van der Waals surface area contributed by atoms with Gasteiger partial charge in [0.25, 0.3) is 11.8 Å². The van der Waals surface area contributed by atoms with Crippen molar-refractivity contribution in [3.05, 3.63) is 35.4 Å². The lowest BCUT2D eigenvalue weighted by molar-refractivity contribution is -0.138. The molecule has 1 aliphatic heterocycles. The number of urea groups is 1. The molecule has 4 amide bonds. The van der Waals surface area contributed by atoms with Gasteiger partial charge in [0.1, 0.15) is 5.54 Å². The summed E-state index contributed by atoms with van der Waals surface area (Å²) in [6.07, 6.45) is 2.88. The van der Waals surface area contributed by atoms with Crippen LogP contribution in [0.2, 0.25) is 0 Å². The van der Waals surface area contributed by atoms with Crippen LogP contribution in [0, 0.1) is 0 Å². The number of rotatable bonds is 5. The van der Waals surface area contributed by atoms with E-state index in [0.717, 1.165) is 12.8 Å². The maximum absolute atomic E-state index is 12.7. The van der Waals surface area contributed by atoms with E-state index in [2.05, 4.69) is 16.0 Å². The Morgan fingerprint density at radius 2 is 1.92 bits per heavy atom. The van der Waals surface area contributed by atoms with Crippen molar-refractivity contribution in [1.82, 2.24) is 16.0 Å². The molecule has 8 nitrogen and oxygen atoms in total. The van der Waals surface area contributed by atoms with E-state index >= 15 is 0 Å². The van der Waals surface area contributed by atoms with Gasteiger partial charge in [-0.3, -0.25) is 19.7 Å². The molecular formula is C18H21N3O5. The Balaban J connectivity index is 1.84. The Kier molecular flexibility index (Phi) is 4.43. The monoisotopic (exact) mass is 359 g/mol. The van der Waals surface area contributed by atoms with Crippen molar-refractivity contribution >= 4 is 23.8 Å². The van der Waals surface area contributed by atoms with E-state index in [4.69, 9.17) is 5.11 Å². The van der Waals surface area contributed by atoms with Crippen LogP contribution in [0.3, 0.4) is 0 Å². The second kappa shape index (κ2) is 6.44. The molecule has 1 aromatic carbocycles. The van der Waals surface area contributed by atoms with Crippen molar-refractivity contribution in [2.24, 2.45) is 0 Å². The van der Waals surface area contributed by atoms with Gasteiger partial charge in [-0.1, -0.05) is 25.0 Å². The molecule has 0 aromatic heterocycles. The summed E-state index contributed by atoms with van der Waals surface area (Å²) in [7, 11) is 0. The van der Waals surface area contributed by atoms with Crippen molar-refractivity contribution < 1.29 is 24.3 Å². The lowest BCUT2D eigenvalue weighted by Crippen LogP contribution is -2.48. The number of benzene rings is 1. The zero-order valence-corrected chi connectivity index (χ0v) is 14.4. The van der Waals surface area contributed by atoms with Crippen LogP contribution in [0.25, 0.3) is 0 Å². The maximum Gasteiger partial charge on any atom is 0.322 e. The summed E-state index contributed by atoms with van der Waals surface area (Å²) < 4.78 is 0. The summed E-state index contributed by atoms with van der Waals surface area (Å²) in [5.41, 5.74) is -1.19. The molecule has 4 N–H and O–H groups in total. The fourth-order valence-electron chi connectivity index (χ4n) is 3.72. The predicted octanol–water partition coefficient (Wildman–Crippen LogP) is 1.26. The summed E-state index contributed by atoms with van der Waals surface area (Å²) in [4.78, 5) is 47.4. The Bertz CT molecular complexity index is 785. The van der Waals surface area contributed by atoms with E-state index in [0.29, 0.717) is 24.0 Å². The molecule has 1 saturated heterocycles. The normalized spacial score (nSPS) is 24.0. The number of hydrogen-bond acceptors (Lipinski definition) is 4. The van der Waals surface area contributed by atoms with Crippen LogP contribution in [0.1, 0.15) is 54.9 Å². The van der Waals surface area contributed by atoms with Crippen LogP contribution in [0.5, 0.6) is 0 Å². The highest BCUT2D eigenvalue weighted by atomic mass is 16.4. The molecule has 0 bridgehead atoms. The Morgan fingerprint density at radius 1 is 1.23 bits per heavy atom. The first kappa shape index (κ1) is 17.9. The summed E-state index contributed by atoms with van der Waals surface area (Å²) in [6, 6.07) is 5.85. The van der Waals surface area contributed by atoms with E-state index in [-0.39, 0.29) is 12.3 Å². The topological polar surface area (TPSA) is 125 Å². The number of carbonyl (C=O) groups excluding carboxylic acids is 3. The van der Waals surface area contributed by atoms with E-state index < -0.39 is 29.0 Å². The first-order valence-electron chi connectivity index (χ1n) is 8.53. The first-order valence-corrected chi connectivity index (χ1v) is 8.53. The lowest BCUT2D eigenvalue weighted by Gasteiger charge is -2.29. The molecular weight excluding hydrogens is 338 g/mol. The molecule has 0 spiro atoms. The molecule has 26 heavy (non-hydrogen) atoms. The smallest absolute Gasteiger partial charge is 0.322 e. The van der Waals surface area contributed by atoms with Crippen molar-refractivity contribution in [3.8, 4) is 0 Å². The van der Waals surface area contributed by atoms with Crippen molar-refractivity contribution in [2.45, 2.75) is 50.1 Å². The van der Waals surface area contributed by atoms with Crippen LogP contribution in [-0.4, -0.2) is 34.5 Å². The SMILES string of the molecule is CC1(c2cccc(C(=O)NC3(CC(=O)O)CCCC3)c2)NC(=O)NC1=O. The molecule has 1 heterocycles. The molecule has 1 aromatic rings. The molecule has 1 saturated carbocycles. The number of carbonyl (C=O) groups is 4. The minimum Gasteiger partial charge on any atom is -0.481 e. The molecule has 1 unspecified atom stereocenters. The highest BCUT2D eigenvalue weighted by Crippen LogP contribution is 2.33. The van der Waals surface area contributed by atoms with E-state index in [1.807, 2.05) is 0 Å². The summed E-state index contributed by atoms with van der Waals surface area (Å²) in [5, 5.41) is 16.8. The Labute approximate surface area is 150 Å². The average molecular weight is 359 g/mol. The quantitative estimate of drug-likeness (QED) is 0.589. The van der Waals surface area contributed by atoms with Gasteiger partial charge in [0.2, 0.25) is 0 Å². The molecule has 0 radical (unpaired) electrons. The fraction of sp³-hybridized carbons (Fsp3) is 0.444. The number of carboxylic acids is 1. The molecule has 2 fully saturated rings. The van der Waals surface area contributed by atoms with Crippen LogP contribution >= 0.6 is 0 Å². The highest BCUT2D eigenvalue weighted by molar-refractivity contribution is 6.07. The van der Waals surface area contributed by atoms with E-state index in [1.165, 1.54) is 0 Å². The van der Waals surface area contributed by atoms with Crippen LogP contribution in [0.15, 0.2) is 24.3 Å². The average Bonchev–Trinajstić information content (AvgIpc) is 3.11. The number of hydrogen-bond donors (Lipinski definition) is 4. The summed E-state index contributed by atoms with van der Waals surface area (Å²) in [5.74, 6) is -1.82. The standard InChI is InChI=1S/C18H21N3O5/c1-17(15(25)19-16(26)21-17)12-6-4-5-11(9-12)14(24)20-18(10-13(22)23)7-2-3-8-18/h4-6,9H,2-3,7-8,10H2,1H3,(H,20,24)(H,22,23)(H2,19,21,25,26). The van der Waals surface area contributed by atoms with Gasteiger partial charge in [-0.15, -0.1) is 0 Å². The zero-order chi connectivity index (χ0) is 18.9. The van der Waals surface area contributed by atoms with Gasteiger partial charge >= 0.3 is 12.0 Å². The van der Waals surface area contributed by atoms with Gasteiger partial charge in [0, 0.05) is 5.56 Å². The van der Waals surface area contributed by atoms with Crippen molar-refractivity contribution in [2.75, 3.05) is 0 Å². The number of aliphatic carboxylic acids is 1. The van der Waals surface area contributed by atoms with Gasteiger partial charge in [-0.25, -0.2) is 4.79 Å². The van der Waals surface area contributed by atoms with Crippen LogP contribution < -0.4 is 16.0 Å². The van der Waals surface area contributed by atoms with Gasteiger partial charge in [-0.05, 0) is 37.5 Å². The van der Waals surface area contributed by atoms with Crippen molar-refractivity contribution in [1.29, 1.82) is 0 Å². The predicted molar refractivity (Wildman–Crippen MR) is 91.4 cm³/mol. The molecule has 8 heteroatoms. The second-order valence-electron chi connectivity index (χ2n) is 7.13. The summed E-state index contributed by atoms with van der Waals surface area (Å²) in [6.45, 7) is 1.56.